The van der Waals surface area contributed by atoms with Crippen LogP contribution in [-0.4, -0.2) is 66.0 Å². The van der Waals surface area contributed by atoms with Crippen LogP contribution in [0.25, 0.3) is 0 Å². The maximum absolute atomic E-state index is 12.2. The van der Waals surface area contributed by atoms with E-state index < -0.39 is 0 Å². The second-order valence-corrected chi connectivity index (χ2v) is 5.72. The van der Waals surface area contributed by atoms with E-state index in [-0.39, 0.29) is 12.5 Å². The van der Waals surface area contributed by atoms with Crippen molar-refractivity contribution in [3.05, 3.63) is 34.9 Å². The van der Waals surface area contributed by atoms with E-state index in [0.29, 0.717) is 0 Å². The first-order valence-corrected chi connectivity index (χ1v) is 7.47. The summed E-state index contributed by atoms with van der Waals surface area (Å²) in [5.74, 6) is 0.771. The van der Waals surface area contributed by atoms with Gasteiger partial charge in [0.25, 0.3) is 5.91 Å². The zero-order valence-electron chi connectivity index (χ0n) is 12.4. The molecule has 0 spiro atoms. The molecule has 0 bridgehead atoms. The zero-order valence-corrected chi connectivity index (χ0v) is 12.4. The molecule has 0 atom stereocenters. The predicted octanol–water partition coefficient (Wildman–Crippen LogP) is 0.700. The molecule has 2 aliphatic heterocycles. The van der Waals surface area contributed by atoms with Gasteiger partial charge in [-0.3, -0.25) is 9.69 Å². The van der Waals surface area contributed by atoms with Crippen LogP contribution in [0.15, 0.2) is 23.2 Å². The molecule has 0 saturated carbocycles. The quantitative estimate of drug-likeness (QED) is 0.870. The molecule has 0 radical (unpaired) electrons. The topological polar surface area (TPSA) is 56.1 Å². The largest absolute Gasteiger partial charge is 0.395 e. The summed E-state index contributed by atoms with van der Waals surface area (Å²) in [5, 5.41) is 8.98. The number of aliphatic hydroxyl groups is 1. The second kappa shape index (κ2) is 5.95. The van der Waals surface area contributed by atoms with Crippen molar-refractivity contribution in [3.63, 3.8) is 0 Å². The van der Waals surface area contributed by atoms with E-state index in [1.54, 1.807) is 0 Å². The molecule has 1 aromatic carbocycles. The first-order valence-electron chi connectivity index (χ1n) is 7.47. The molecule has 1 amide bonds. The lowest BCUT2D eigenvalue weighted by Crippen LogP contribution is -2.50. The van der Waals surface area contributed by atoms with Crippen LogP contribution in [0.4, 0.5) is 0 Å². The fraction of sp³-hybridized carbons (Fsp3) is 0.500. The summed E-state index contributed by atoms with van der Waals surface area (Å²) in [6.07, 6.45) is 0.737. The Balaban J connectivity index is 1.71. The minimum Gasteiger partial charge on any atom is -0.395 e. The van der Waals surface area contributed by atoms with E-state index in [1.807, 2.05) is 25.1 Å². The van der Waals surface area contributed by atoms with Crippen LogP contribution in [-0.2, 0) is 6.42 Å². The number of benzene rings is 1. The number of aryl methyl sites for hydroxylation is 1. The third-order valence-electron chi connectivity index (χ3n) is 4.23. The number of amides is 1. The number of carbonyl (C=O) groups excluding carboxylic acids is 1. The van der Waals surface area contributed by atoms with Gasteiger partial charge in [-0.15, -0.1) is 0 Å². The molecule has 1 aromatic rings. The Morgan fingerprint density at radius 1 is 1.24 bits per heavy atom. The molecular formula is C16H21N3O2. The molecule has 3 rings (SSSR count). The molecule has 1 saturated heterocycles. The molecule has 5 heteroatoms. The number of aliphatic imine (C=N–C) groups is 1. The van der Waals surface area contributed by atoms with Crippen LogP contribution in [0, 0.1) is 6.92 Å². The van der Waals surface area contributed by atoms with Crippen LogP contribution in [0.3, 0.4) is 0 Å². The Bertz CT molecular complexity index is 575. The van der Waals surface area contributed by atoms with E-state index in [4.69, 9.17) is 5.11 Å². The highest BCUT2D eigenvalue weighted by atomic mass is 16.3. The molecule has 2 heterocycles. The highest BCUT2D eigenvalue weighted by molar-refractivity contribution is 6.08. The van der Waals surface area contributed by atoms with E-state index >= 15 is 0 Å². The number of carbonyl (C=O) groups is 1. The minimum atomic E-state index is -0.118. The van der Waals surface area contributed by atoms with Crippen molar-refractivity contribution < 1.29 is 9.90 Å². The van der Waals surface area contributed by atoms with Gasteiger partial charge >= 0.3 is 0 Å². The van der Waals surface area contributed by atoms with Gasteiger partial charge in [-0.05, 0) is 18.6 Å². The third-order valence-corrected chi connectivity index (χ3v) is 4.23. The van der Waals surface area contributed by atoms with Crippen molar-refractivity contribution in [2.45, 2.75) is 13.3 Å². The molecule has 112 valence electrons. The Morgan fingerprint density at radius 2 is 2.00 bits per heavy atom. The van der Waals surface area contributed by atoms with Crippen molar-refractivity contribution in [3.8, 4) is 0 Å². The number of hydrogen-bond donors (Lipinski definition) is 1. The van der Waals surface area contributed by atoms with E-state index in [1.165, 1.54) is 0 Å². The summed E-state index contributed by atoms with van der Waals surface area (Å²) >= 11 is 0. The minimum absolute atomic E-state index is 0.118. The standard InChI is InChI=1S/C16H21N3O2/c1-12-2-3-13-11-15(17-16(21)14(13)10-12)19-6-4-18(5-7-19)8-9-20/h2-3,10,20H,4-9,11H2,1H3. The van der Waals surface area contributed by atoms with Crippen LogP contribution in [0.5, 0.6) is 0 Å². The molecule has 5 nitrogen and oxygen atoms in total. The molecular weight excluding hydrogens is 266 g/mol. The van der Waals surface area contributed by atoms with Crippen LogP contribution < -0.4 is 0 Å². The Morgan fingerprint density at radius 3 is 2.71 bits per heavy atom. The Hall–Kier alpha value is -1.72. The lowest BCUT2D eigenvalue weighted by atomic mass is 9.98. The Labute approximate surface area is 124 Å². The number of β-amino-alcohol motifs (C(OH)–C–C–N with tert-alkyl or cyclic N) is 1. The molecule has 21 heavy (non-hydrogen) atoms. The number of amidine groups is 1. The van der Waals surface area contributed by atoms with Crippen LogP contribution in [0.2, 0.25) is 0 Å². The fourth-order valence-corrected chi connectivity index (χ4v) is 2.98. The van der Waals surface area contributed by atoms with Gasteiger partial charge in [-0.1, -0.05) is 17.7 Å². The second-order valence-electron chi connectivity index (χ2n) is 5.72. The average molecular weight is 287 g/mol. The number of fused-ring (bicyclic) bond motifs is 1. The van der Waals surface area contributed by atoms with Gasteiger partial charge in [-0.2, -0.15) is 4.99 Å². The van der Waals surface area contributed by atoms with Crippen molar-refractivity contribution in [2.24, 2.45) is 4.99 Å². The average Bonchev–Trinajstić information content (AvgIpc) is 2.49. The highest BCUT2D eigenvalue weighted by Gasteiger charge is 2.25. The smallest absolute Gasteiger partial charge is 0.278 e. The monoisotopic (exact) mass is 287 g/mol. The maximum Gasteiger partial charge on any atom is 0.278 e. The van der Waals surface area contributed by atoms with Gasteiger partial charge in [-0.25, -0.2) is 0 Å². The lowest BCUT2D eigenvalue weighted by Gasteiger charge is -2.37. The lowest BCUT2D eigenvalue weighted by molar-refractivity contribution is 0.0994. The zero-order chi connectivity index (χ0) is 14.8. The van der Waals surface area contributed by atoms with Crippen LogP contribution in [0.1, 0.15) is 21.5 Å². The Kier molecular flexibility index (Phi) is 4.03. The third kappa shape index (κ3) is 2.99. The van der Waals surface area contributed by atoms with E-state index in [9.17, 15) is 4.79 Å². The van der Waals surface area contributed by atoms with E-state index in [2.05, 4.69) is 14.8 Å². The van der Waals surface area contributed by atoms with Crippen molar-refractivity contribution in [1.29, 1.82) is 0 Å². The van der Waals surface area contributed by atoms with Gasteiger partial charge in [0.2, 0.25) is 0 Å². The van der Waals surface area contributed by atoms with Gasteiger partial charge in [0.15, 0.2) is 0 Å². The molecule has 0 unspecified atom stereocenters. The SMILES string of the molecule is Cc1ccc2c(c1)C(=O)N=C(N1CCN(CCO)CC1)C2. The van der Waals surface area contributed by atoms with Gasteiger partial charge in [0, 0.05) is 44.7 Å². The summed E-state index contributed by atoms with van der Waals surface area (Å²) in [7, 11) is 0. The molecule has 2 aliphatic rings. The number of nitrogens with zero attached hydrogens (tertiary/aromatic N) is 3. The van der Waals surface area contributed by atoms with Crippen molar-refractivity contribution >= 4 is 11.7 Å². The summed E-state index contributed by atoms with van der Waals surface area (Å²) in [5.41, 5.74) is 2.92. The molecule has 1 fully saturated rings. The van der Waals surface area contributed by atoms with E-state index in [0.717, 1.165) is 61.7 Å². The summed E-state index contributed by atoms with van der Waals surface area (Å²) in [6, 6.07) is 6.02. The summed E-state index contributed by atoms with van der Waals surface area (Å²) < 4.78 is 0. The number of hydrogen-bond acceptors (Lipinski definition) is 4. The highest BCUT2D eigenvalue weighted by Crippen LogP contribution is 2.20. The van der Waals surface area contributed by atoms with Gasteiger partial charge in [0.05, 0.1) is 6.61 Å². The first-order chi connectivity index (χ1) is 10.2. The first kappa shape index (κ1) is 14.2. The van der Waals surface area contributed by atoms with Crippen molar-refractivity contribution in [2.75, 3.05) is 39.3 Å². The summed E-state index contributed by atoms with van der Waals surface area (Å²) in [4.78, 5) is 20.9. The molecule has 0 aliphatic carbocycles. The summed E-state index contributed by atoms with van der Waals surface area (Å²) in [6.45, 7) is 6.48. The number of rotatable bonds is 2. The van der Waals surface area contributed by atoms with Crippen molar-refractivity contribution in [1.82, 2.24) is 9.80 Å². The normalized spacial score (nSPS) is 19.4. The van der Waals surface area contributed by atoms with Gasteiger partial charge < -0.3 is 10.0 Å². The number of piperazine rings is 1. The maximum atomic E-state index is 12.2. The van der Waals surface area contributed by atoms with Crippen LogP contribution >= 0.6 is 0 Å². The number of aliphatic hydroxyl groups excluding tert-OH is 1. The predicted molar refractivity (Wildman–Crippen MR) is 81.7 cm³/mol. The molecule has 1 N–H and O–H groups in total. The fourth-order valence-electron chi connectivity index (χ4n) is 2.98. The van der Waals surface area contributed by atoms with Gasteiger partial charge in [0.1, 0.15) is 5.84 Å². The molecule has 0 aromatic heterocycles.